The minimum absolute atomic E-state index is 0.132. The molecule has 1 aromatic rings. The zero-order valence-corrected chi connectivity index (χ0v) is 10.9. The maximum Gasteiger partial charge on any atom is 0.221 e. The molecule has 0 saturated heterocycles. The number of hydrogen-bond acceptors (Lipinski definition) is 2. The lowest BCUT2D eigenvalue weighted by molar-refractivity contribution is -0.121. The zero-order chi connectivity index (χ0) is 13.2. The minimum Gasteiger partial charge on any atom is -0.353 e. The lowest BCUT2D eigenvalue weighted by atomic mass is 10.1. The van der Waals surface area contributed by atoms with Gasteiger partial charge in [0.1, 0.15) is 5.82 Å². The molecule has 2 aliphatic rings. The first-order chi connectivity index (χ1) is 9.22. The van der Waals surface area contributed by atoms with E-state index in [0.29, 0.717) is 19.0 Å². The van der Waals surface area contributed by atoms with Crippen LogP contribution in [-0.2, 0) is 11.2 Å². The molecule has 2 N–H and O–H groups in total. The summed E-state index contributed by atoms with van der Waals surface area (Å²) < 4.78 is 13.1. The molecule has 3 rings (SSSR count). The fourth-order valence-electron chi connectivity index (χ4n) is 2.69. The van der Waals surface area contributed by atoms with Crippen LogP contribution in [0.15, 0.2) is 18.2 Å². The topological polar surface area (TPSA) is 41.1 Å². The average Bonchev–Trinajstić information content (AvgIpc) is 3.10. The highest BCUT2D eigenvalue weighted by Gasteiger charge is 2.24. The third-order valence-corrected chi connectivity index (χ3v) is 3.87. The number of amides is 1. The van der Waals surface area contributed by atoms with E-state index in [9.17, 15) is 9.18 Å². The molecule has 2 aliphatic carbocycles. The lowest BCUT2D eigenvalue weighted by Crippen LogP contribution is -2.30. The van der Waals surface area contributed by atoms with Crippen LogP contribution in [0.5, 0.6) is 0 Å². The molecule has 0 aliphatic heterocycles. The Morgan fingerprint density at radius 2 is 2.16 bits per heavy atom. The number of fused-ring (bicyclic) bond motifs is 1. The fourth-order valence-corrected chi connectivity index (χ4v) is 2.69. The molecule has 1 atom stereocenters. The molecular formula is C15H19FN2O. The molecule has 4 heteroatoms. The molecule has 0 heterocycles. The molecule has 1 aromatic carbocycles. The predicted octanol–water partition coefficient (Wildman–Crippen LogP) is 2.07. The van der Waals surface area contributed by atoms with Crippen molar-refractivity contribution in [2.75, 3.05) is 6.54 Å². The van der Waals surface area contributed by atoms with Gasteiger partial charge in [-0.05, 0) is 48.9 Å². The molecule has 1 saturated carbocycles. The number of rotatable bonds is 5. The average molecular weight is 262 g/mol. The quantitative estimate of drug-likeness (QED) is 0.853. The van der Waals surface area contributed by atoms with Gasteiger partial charge in [-0.25, -0.2) is 4.39 Å². The second kappa shape index (κ2) is 5.29. The molecule has 102 valence electrons. The number of aryl methyl sites for hydroxylation is 1. The molecule has 0 spiro atoms. The van der Waals surface area contributed by atoms with E-state index in [1.54, 1.807) is 6.07 Å². The van der Waals surface area contributed by atoms with Gasteiger partial charge < -0.3 is 10.6 Å². The van der Waals surface area contributed by atoms with E-state index in [2.05, 4.69) is 10.6 Å². The van der Waals surface area contributed by atoms with E-state index in [1.807, 2.05) is 6.07 Å². The van der Waals surface area contributed by atoms with Gasteiger partial charge in [0.2, 0.25) is 5.91 Å². The van der Waals surface area contributed by atoms with E-state index in [-0.39, 0.29) is 17.8 Å². The molecule has 19 heavy (non-hydrogen) atoms. The van der Waals surface area contributed by atoms with Crippen LogP contribution in [0.4, 0.5) is 4.39 Å². The van der Waals surface area contributed by atoms with E-state index in [1.165, 1.54) is 11.6 Å². The maximum absolute atomic E-state index is 13.1. The Hall–Kier alpha value is -1.42. The number of halogens is 1. The summed E-state index contributed by atoms with van der Waals surface area (Å²) in [5.74, 6) is -0.0319. The normalized spacial score (nSPS) is 21.2. The molecule has 0 bridgehead atoms. The summed E-state index contributed by atoms with van der Waals surface area (Å²) in [7, 11) is 0. The first kappa shape index (κ1) is 12.6. The number of nitrogens with one attached hydrogen (secondary N) is 2. The molecular weight excluding hydrogens is 243 g/mol. The highest BCUT2D eigenvalue weighted by atomic mass is 19.1. The Bertz CT molecular complexity index is 485. The second-order valence-corrected chi connectivity index (χ2v) is 5.48. The molecule has 1 unspecified atom stereocenters. The third kappa shape index (κ3) is 3.13. The first-order valence-electron chi connectivity index (χ1n) is 7.03. The van der Waals surface area contributed by atoms with Crippen LogP contribution in [0.3, 0.4) is 0 Å². The summed E-state index contributed by atoms with van der Waals surface area (Å²) in [5.41, 5.74) is 2.28. The molecule has 0 radical (unpaired) electrons. The predicted molar refractivity (Wildman–Crippen MR) is 71.2 cm³/mol. The van der Waals surface area contributed by atoms with Crippen molar-refractivity contribution in [3.63, 3.8) is 0 Å². The lowest BCUT2D eigenvalue weighted by Gasteiger charge is -2.13. The Balaban J connectivity index is 1.48. The summed E-state index contributed by atoms with van der Waals surface area (Å²) in [6.45, 7) is 0.681. The van der Waals surface area contributed by atoms with Crippen LogP contribution in [-0.4, -0.2) is 18.5 Å². The largest absolute Gasteiger partial charge is 0.353 e. The van der Waals surface area contributed by atoms with Gasteiger partial charge in [0, 0.05) is 25.0 Å². The number of carbonyl (C=O) groups excluding carboxylic acids is 1. The van der Waals surface area contributed by atoms with Crippen LogP contribution < -0.4 is 10.6 Å². The zero-order valence-electron chi connectivity index (χ0n) is 10.9. The highest BCUT2D eigenvalue weighted by molar-refractivity contribution is 5.76. The van der Waals surface area contributed by atoms with E-state index in [4.69, 9.17) is 0 Å². The van der Waals surface area contributed by atoms with Crippen LogP contribution in [0, 0.1) is 5.82 Å². The van der Waals surface area contributed by atoms with Gasteiger partial charge in [-0.1, -0.05) is 6.07 Å². The van der Waals surface area contributed by atoms with Gasteiger partial charge in [-0.2, -0.15) is 0 Å². The summed E-state index contributed by atoms with van der Waals surface area (Å²) >= 11 is 0. The van der Waals surface area contributed by atoms with Gasteiger partial charge in [-0.15, -0.1) is 0 Å². The van der Waals surface area contributed by atoms with Crippen molar-refractivity contribution in [1.82, 2.24) is 10.6 Å². The Morgan fingerprint density at radius 1 is 1.32 bits per heavy atom. The summed E-state index contributed by atoms with van der Waals surface area (Å²) in [6, 6.07) is 5.70. The van der Waals surface area contributed by atoms with Gasteiger partial charge in [-0.3, -0.25) is 4.79 Å². The van der Waals surface area contributed by atoms with Crippen LogP contribution in [0.25, 0.3) is 0 Å². The van der Waals surface area contributed by atoms with Crippen LogP contribution in [0.2, 0.25) is 0 Å². The first-order valence-corrected chi connectivity index (χ1v) is 7.03. The monoisotopic (exact) mass is 262 g/mol. The van der Waals surface area contributed by atoms with Gasteiger partial charge in [0.25, 0.3) is 0 Å². The van der Waals surface area contributed by atoms with Crippen molar-refractivity contribution in [2.24, 2.45) is 0 Å². The van der Waals surface area contributed by atoms with Crippen molar-refractivity contribution in [1.29, 1.82) is 0 Å². The number of carbonyl (C=O) groups is 1. The van der Waals surface area contributed by atoms with Gasteiger partial charge >= 0.3 is 0 Å². The van der Waals surface area contributed by atoms with Crippen molar-refractivity contribution in [3.8, 4) is 0 Å². The van der Waals surface area contributed by atoms with E-state index < -0.39 is 0 Å². The SMILES string of the molecule is O=C(CCNC1CCc2cc(F)ccc21)NC1CC1. The molecule has 1 fully saturated rings. The van der Waals surface area contributed by atoms with Crippen LogP contribution >= 0.6 is 0 Å². The molecule has 0 aromatic heterocycles. The Kier molecular flexibility index (Phi) is 3.51. The van der Waals surface area contributed by atoms with Gasteiger partial charge in [0.15, 0.2) is 0 Å². The fraction of sp³-hybridized carbons (Fsp3) is 0.533. The minimum atomic E-state index is -0.164. The summed E-state index contributed by atoms with van der Waals surface area (Å²) in [4.78, 5) is 11.6. The van der Waals surface area contributed by atoms with Crippen molar-refractivity contribution in [2.45, 2.75) is 44.2 Å². The highest BCUT2D eigenvalue weighted by Crippen LogP contribution is 2.31. The maximum atomic E-state index is 13.1. The summed E-state index contributed by atoms with van der Waals surface area (Å²) in [6.07, 6.45) is 4.67. The van der Waals surface area contributed by atoms with Crippen LogP contribution in [0.1, 0.15) is 42.9 Å². The van der Waals surface area contributed by atoms with E-state index >= 15 is 0 Å². The van der Waals surface area contributed by atoms with Gasteiger partial charge in [0.05, 0.1) is 0 Å². The molecule has 1 amide bonds. The van der Waals surface area contributed by atoms with Crippen molar-refractivity contribution >= 4 is 5.91 Å². The number of hydrogen-bond donors (Lipinski definition) is 2. The third-order valence-electron chi connectivity index (χ3n) is 3.87. The smallest absolute Gasteiger partial charge is 0.221 e. The molecule has 3 nitrogen and oxygen atoms in total. The van der Waals surface area contributed by atoms with Crippen molar-refractivity contribution in [3.05, 3.63) is 35.1 Å². The Morgan fingerprint density at radius 3 is 2.95 bits per heavy atom. The second-order valence-electron chi connectivity index (χ2n) is 5.48. The standard InChI is InChI=1S/C15H19FN2O/c16-11-2-5-13-10(9-11)1-6-14(13)17-8-7-15(19)18-12-3-4-12/h2,5,9,12,14,17H,1,3-4,6-8H2,(H,18,19). The Labute approximate surface area is 112 Å². The summed E-state index contributed by atoms with van der Waals surface area (Å²) in [5, 5.41) is 6.38. The van der Waals surface area contributed by atoms with E-state index in [0.717, 1.165) is 31.2 Å². The number of benzene rings is 1. The van der Waals surface area contributed by atoms with Crippen molar-refractivity contribution < 1.29 is 9.18 Å².